The number of amides is 2. The third-order valence-corrected chi connectivity index (χ3v) is 4.73. The summed E-state index contributed by atoms with van der Waals surface area (Å²) in [4.78, 5) is 37.1. The van der Waals surface area contributed by atoms with Crippen molar-refractivity contribution in [1.29, 1.82) is 0 Å². The summed E-state index contributed by atoms with van der Waals surface area (Å²) in [5.41, 5.74) is 1.85. The number of carbonyl (C=O) groups is 3. The second-order valence-corrected chi connectivity index (χ2v) is 6.43. The molecule has 0 bridgehead atoms. The van der Waals surface area contributed by atoms with Crippen LogP contribution in [0.25, 0.3) is 6.08 Å². The number of aliphatic carboxylic acids is 1. The third kappa shape index (κ3) is 2.85. The van der Waals surface area contributed by atoms with Crippen molar-refractivity contribution in [2.75, 3.05) is 4.90 Å². The Hall–Kier alpha value is -2.11. The molecule has 3 rings (SSSR count). The summed E-state index contributed by atoms with van der Waals surface area (Å²) in [5.74, 6) is -1.91. The van der Waals surface area contributed by atoms with Crippen LogP contribution in [0.3, 0.4) is 0 Å². The summed E-state index contributed by atoms with van der Waals surface area (Å²) in [6.45, 7) is 0. The van der Waals surface area contributed by atoms with Crippen LogP contribution in [0.1, 0.15) is 31.2 Å². The van der Waals surface area contributed by atoms with Crippen molar-refractivity contribution >= 4 is 52.7 Å². The maximum Gasteiger partial charge on any atom is 0.347 e. The van der Waals surface area contributed by atoms with Crippen LogP contribution in [0.4, 0.5) is 5.69 Å². The highest BCUT2D eigenvalue weighted by molar-refractivity contribution is 6.43. The molecule has 1 aliphatic heterocycles. The number of halogens is 2. The third-order valence-electron chi connectivity index (χ3n) is 4.11. The van der Waals surface area contributed by atoms with E-state index in [1.165, 1.54) is 18.2 Å². The van der Waals surface area contributed by atoms with Crippen LogP contribution < -0.4 is 4.90 Å². The standard InChI is InChI=1S/C17H13Cl2NO4/c18-13-6-5-10(7-9(13)8-14(19)17(23)24)20-15(21)11-3-1-2-4-12(11)16(20)22/h5-8H,1-4H2,(H,23,24). The SMILES string of the molecule is O=C(O)C(Cl)=Cc1cc(N2C(=O)C3=C(CCCC3)C2=O)ccc1Cl. The molecule has 1 N–H and O–H groups in total. The van der Waals surface area contributed by atoms with Crippen molar-refractivity contribution in [3.05, 3.63) is 45.0 Å². The van der Waals surface area contributed by atoms with Crippen molar-refractivity contribution in [3.8, 4) is 0 Å². The normalized spacial score (nSPS) is 18.2. The number of hydrogen-bond acceptors (Lipinski definition) is 3. The summed E-state index contributed by atoms with van der Waals surface area (Å²) in [7, 11) is 0. The second-order valence-electron chi connectivity index (χ2n) is 5.61. The molecule has 1 heterocycles. The first-order valence-electron chi connectivity index (χ1n) is 7.41. The van der Waals surface area contributed by atoms with E-state index in [1.807, 2.05) is 0 Å². The van der Waals surface area contributed by atoms with E-state index < -0.39 is 11.0 Å². The molecule has 24 heavy (non-hydrogen) atoms. The van der Waals surface area contributed by atoms with Crippen LogP contribution in [0, 0.1) is 0 Å². The van der Waals surface area contributed by atoms with Gasteiger partial charge in [-0.25, -0.2) is 9.69 Å². The minimum Gasteiger partial charge on any atom is -0.477 e. The Kier molecular flexibility index (Phi) is 4.47. The molecule has 0 atom stereocenters. The van der Waals surface area contributed by atoms with Gasteiger partial charge in [0.25, 0.3) is 11.8 Å². The molecule has 1 aliphatic carbocycles. The first-order chi connectivity index (χ1) is 11.4. The molecule has 1 aromatic rings. The average molecular weight is 366 g/mol. The Bertz CT molecular complexity index is 798. The number of nitrogens with zero attached hydrogens (tertiary/aromatic N) is 1. The quantitative estimate of drug-likeness (QED) is 0.653. The van der Waals surface area contributed by atoms with E-state index in [4.69, 9.17) is 28.3 Å². The van der Waals surface area contributed by atoms with Crippen LogP contribution in [0.5, 0.6) is 0 Å². The smallest absolute Gasteiger partial charge is 0.347 e. The average Bonchev–Trinajstić information content (AvgIpc) is 2.81. The fourth-order valence-corrected chi connectivity index (χ4v) is 3.24. The van der Waals surface area contributed by atoms with Crippen LogP contribution in [0.2, 0.25) is 5.02 Å². The molecule has 0 fully saturated rings. The molecule has 0 unspecified atom stereocenters. The number of rotatable bonds is 3. The van der Waals surface area contributed by atoms with Crippen LogP contribution in [-0.2, 0) is 14.4 Å². The highest BCUT2D eigenvalue weighted by atomic mass is 35.5. The number of carbonyl (C=O) groups excluding carboxylic acids is 2. The van der Waals surface area contributed by atoms with Gasteiger partial charge in [0.15, 0.2) is 0 Å². The number of anilines is 1. The Labute approximate surface area is 148 Å². The van der Waals surface area contributed by atoms with Gasteiger partial charge in [0.2, 0.25) is 0 Å². The molecular formula is C17H13Cl2NO4. The van der Waals surface area contributed by atoms with Crippen LogP contribution >= 0.6 is 23.2 Å². The predicted octanol–water partition coefficient (Wildman–Crippen LogP) is 3.75. The molecule has 0 aromatic heterocycles. The maximum absolute atomic E-state index is 12.6. The minimum atomic E-state index is -1.29. The summed E-state index contributed by atoms with van der Waals surface area (Å²) in [6, 6.07) is 4.55. The van der Waals surface area contributed by atoms with Crippen molar-refractivity contribution in [3.63, 3.8) is 0 Å². The fourth-order valence-electron chi connectivity index (χ4n) is 2.95. The van der Waals surface area contributed by atoms with Gasteiger partial charge in [-0.1, -0.05) is 23.2 Å². The molecule has 5 nitrogen and oxygen atoms in total. The van der Waals surface area contributed by atoms with Gasteiger partial charge in [-0.05, 0) is 55.5 Å². The molecule has 0 radical (unpaired) electrons. The van der Waals surface area contributed by atoms with E-state index in [9.17, 15) is 14.4 Å². The lowest BCUT2D eigenvalue weighted by molar-refractivity contribution is -0.131. The largest absolute Gasteiger partial charge is 0.477 e. The van der Waals surface area contributed by atoms with Crippen molar-refractivity contribution < 1.29 is 19.5 Å². The lowest BCUT2D eigenvalue weighted by Gasteiger charge is -2.16. The van der Waals surface area contributed by atoms with E-state index in [0.717, 1.165) is 17.7 Å². The van der Waals surface area contributed by atoms with E-state index in [0.29, 0.717) is 35.2 Å². The van der Waals surface area contributed by atoms with Gasteiger partial charge in [-0.15, -0.1) is 0 Å². The Balaban J connectivity index is 2.00. The summed E-state index contributed by atoms with van der Waals surface area (Å²) in [5, 5.41) is 8.73. The highest BCUT2D eigenvalue weighted by Gasteiger charge is 2.39. The van der Waals surface area contributed by atoms with E-state index >= 15 is 0 Å². The van der Waals surface area contributed by atoms with Crippen LogP contribution in [0.15, 0.2) is 34.4 Å². The molecule has 1 aromatic carbocycles. The lowest BCUT2D eigenvalue weighted by atomic mass is 9.93. The molecule has 0 spiro atoms. The van der Waals surface area contributed by atoms with E-state index in [2.05, 4.69) is 0 Å². The van der Waals surface area contributed by atoms with E-state index in [-0.39, 0.29) is 16.8 Å². The number of imide groups is 1. The fraction of sp³-hybridized carbons (Fsp3) is 0.235. The van der Waals surface area contributed by atoms with Gasteiger partial charge < -0.3 is 5.11 Å². The van der Waals surface area contributed by atoms with E-state index in [1.54, 1.807) is 6.07 Å². The Morgan fingerprint density at radius 3 is 2.25 bits per heavy atom. The van der Waals surface area contributed by atoms with Crippen molar-refractivity contribution in [2.24, 2.45) is 0 Å². The molecular weight excluding hydrogens is 353 g/mol. The summed E-state index contributed by atoms with van der Waals surface area (Å²) < 4.78 is 0. The number of benzene rings is 1. The summed E-state index contributed by atoms with van der Waals surface area (Å²) in [6.07, 6.45) is 4.21. The lowest BCUT2D eigenvalue weighted by Crippen LogP contribution is -2.31. The minimum absolute atomic E-state index is 0.273. The summed E-state index contributed by atoms with van der Waals surface area (Å²) >= 11 is 11.7. The molecule has 0 saturated carbocycles. The number of carboxylic acid groups (broad SMARTS) is 1. The Morgan fingerprint density at radius 2 is 1.71 bits per heavy atom. The zero-order chi connectivity index (χ0) is 17.4. The number of hydrogen-bond donors (Lipinski definition) is 1. The second kappa shape index (κ2) is 6.42. The maximum atomic E-state index is 12.6. The van der Waals surface area contributed by atoms with Gasteiger partial charge in [0.05, 0.1) is 5.69 Å². The predicted molar refractivity (Wildman–Crippen MR) is 90.9 cm³/mol. The molecule has 2 aliphatic rings. The molecule has 7 heteroatoms. The topological polar surface area (TPSA) is 74.7 Å². The monoisotopic (exact) mass is 365 g/mol. The zero-order valence-electron chi connectivity index (χ0n) is 12.5. The first kappa shape index (κ1) is 16.7. The molecule has 2 amide bonds. The number of carboxylic acids is 1. The van der Waals surface area contributed by atoms with Crippen molar-refractivity contribution in [1.82, 2.24) is 0 Å². The Morgan fingerprint density at radius 1 is 1.12 bits per heavy atom. The molecule has 124 valence electrons. The first-order valence-corrected chi connectivity index (χ1v) is 8.16. The van der Waals surface area contributed by atoms with Crippen molar-refractivity contribution in [2.45, 2.75) is 25.7 Å². The molecule has 0 saturated heterocycles. The van der Waals surface area contributed by atoms with Gasteiger partial charge >= 0.3 is 5.97 Å². The van der Waals surface area contributed by atoms with Gasteiger partial charge in [-0.3, -0.25) is 9.59 Å². The highest BCUT2D eigenvalue weighted by Crippen LogP contribution is 2.36. The van der Waals surface area contributed by atoms with Gasteiger partial charge in [0, 0.05) is 16.2 Å². The zero-order valence-corrected chi connectivity index (χ0v) is 14.0. The van der Waals surface area contributed by atoms with Gasteiger partial charge in [-0.2, -0.15) is 0 Å². The van der Waals surface area contributed by atoms with Gasteiger partial charge in [0.1, 0.15) is 5.03 Å². The van der Waals surface area contributed by atoms with Crippen LogP contribution in [-0.4, -0.2) is 22.9 Å².